The van der Waals surface area contributed by atoms with Crippen molar-refractivity contribution in [2.75, 3.05) is 6.61 Å². The molecule has 0 bridgehead atoms. The maximum absolute atomic E-state index is 11.8. The molecule has 1 unspecified atom stereocenters. The second kappa shape index (κ2) is 4.94. The number of ether oxygens (including phenoxy) is 1. The van der Waals surface area contributed by atoms with Gasteiger partial charge in [-0.25, -0.2) is 0 Å². The largest absolute Gasteiger partial charge is 0.490 e. The molecule has 0 saturated heterocycles. The van der Waals surface area contributed by atoms with Crippen LogP contribution in [0.4, 0.5) is 0 Å². The van der Waals surface area contributed by atoms with Crippen molar-refractivity contribution in [1.29, 1.82) is 0 Å². The zero-order valence-corrected chi connectivity index (χ0v) is 9.06. The maximum Gasteiger partial charge on any atom is 0.213 e. The van der Waals surface area contributed by atoms with E-state index in [9.17, 15) is 4.79 Å². The van der Waals surface area contributed by atoms with Crippen LogP contribution < -0.4 is 5.73 Å². The maximum atomic E-state index is 11.8. The highest BCUT2D eigenvalue weighted by Gasteiger charge is 2.21. The third-order valence-electron chi connectivity index (χ3n) is 2.58. The summed E-state index contributed by atoms with van der Waals surface area (Å²) in [4.78, 5) is 11.8. The van der Waals surface area contributed by atoms with Crippen LogP contribution in [0.1, 0.15) is 12.0 Å². The molecule has 1 heterocycles. The van der Waals surface area contributed by atoms with Gasteiger partial charge in [0.2, 0.25) is 5.78 Å². The van der Waals surface area contributed by atoms with Crippen LogP contribution in [0.15, 0.2) is 42.2 Å². The van der Waals surface area contributed by atoms with Crippen LogP contribution in [0.25, 0.3) is 0 Å². The van der Waals surface area contributed by atoms with Crippen molar-refractivity contribution in [2.24, 2.45) is 5.73 Å². The highest BCUT2D eigenvalue weighted by molar-refractivity contribution is 5.98. The second-order valence-electron chi connectivity index (χ2n) is 3.87. The molecule has 0 aliphatic carbocycles. The molecule has 1 aromatic rings. The van der Waals surface area contributed by atoms with Crippen molar-refractivity contribution < 1.29 is 9.53 Å². The van der Waals surface area contributed by atoms with Gasteiger partial charge in [0, 0.05) is 6.42 Å². The minimum atomic E-state index is -0.508. The number of hydrogen-bond donors (Lipinski definition) is 1. The van der Waals surface area contributed by atoms with Gasteiger partial charge in [-0.2, -0.15) is 0 Å². The van der Waals surface area contributed by atoms with Crippen molar-refractivity contribution in [3.8, 4) is 0 Å². The summed E-state index contributed by atoms with van der Waals surface area (Å²) in [5.41, 5.74) is 6.93. The highest BCUT2D eigenvalue weighted by Crippen LogP contribution is 2.13. The molecule has 16 heavy (non-hydrogen) atoms. The molecule has 3 nitrogen and oxygen atoms in total. The highest BCUT2D eigenvalue weighted by atomic mass is 16.5. The first-order valence-corrected chi connectivity index (χ1v) is 5.44. The average Bonchev–Trinajstić information content (AvgIpc) is 2.83. The summed E-state index contributed by atoms with van der Waals surface area (Å²) in [7, 11) is 0. The molecule has 1 aromatic carbocycles. The minimum Gasteiger partial charge on any atom is -0.490 e. The summed E-state index contributed by atoms with van der Waals surface area (Å²) in [6, 6.07) is 9.26. The lowest BCUT2D eigenvalue weighted by Gasteiger charge is -2.11. The Kier molecular flexibility index (Phi) is 3.37. The van der Waals surface area contributed by atoms with Gasteiger partial charge in [0.05, 0.1) is 12.6 Å². The monoisotopic (exact) mass is 217 g/mol. The number of ketones is 1. The van der Waals surface area contributed by atoms with Gasteiger partial charge in [-0.05, 0) is 18.1 Å². The number of Topliss-reactive ketones (excluding diaryl/α,β-unsaturated/α-hetero) is 1. The van der Waals surface area contributed by atoms with E-state index in [0.717, 1.165) is 12.0 Å². The number of carbonyl (C=O) groups excluding carboxylic acids is 1. The number of carbonyl (C=O) groups is 1. The van der Waals surface area contributed by atoms with Gasteiger partial charge < -0.3 is 10.5 Å². The van der Waals surface area contributed by atoms with Crippen LogP contribution in [-0.2, 0) is 16.0 Å². The summed E-state index contributed by atoms with van der Waals surface area (Å²) in [5.74, 6) is 0.338. The molecular weight excluding hydrogens is 202 g/mol. The van der Waals surface area contributed by atoms with E-state index in [-0.39, 0.29) is 5.78 Å². The third kappa shape index (κ3) is 2.49. The van der Waals surface area contributed by atoms with Gasteiger partial charge in [-0.1, -0.05) is 30.3 Å². The Hall–Kier alpha value is -1.61. The second-order valence-corrected chi connectivity index (χ2v) is 3.87. The molecule has 84 valence electrons. The summed E-state index contributed by atoms with van der Waals surface area (Å²) in [6.07, 6.45) is 3.17. The van der Waals surface area contributed by atoms with Crippen molar-refractivity contribution in [3.63, 3.8) is 0 Å². The van der Waals surface area contributed by atoms with E-state index in [4.69, 9.17) is 10.5 Å². The fourth-order valence-electron chi connectivity index (χ4n) is 1.73. The van der Waals surface area contributed by atoms with E-state index < -0.39 is 6.04 Å². The SMILES string of the molecule is NC(Cc1ccccc1)C(=O)C1=CCCO1. The van der Waals surface area contributed by atoms with Crippen LogP contribution in [0.2, 0.25) is 0 Å². The lowest BCUT2D eigenvalue weighted by atomic mass is 10.0. The fourth-order valence-corrected chi connectivity index (χ4v) is 1.73. The van der Waals surface area contributed by atoms with Crippen LogP contribution in [0, 0.1) is 0 Å². The van der Waals surface area contributed by atoms with E-state index in [1.807, 2.05) is 36.4 Å². The zero-order valence-electron chi connectivity index (χ0n) is 9.06. The molecule has 0 saturated carbocycles. The minimum absolute atomic E-state index is 0.0960. The lowest BCUT2D eigenvalue weighted by Crippen LogP contribution is -2.33. The van der Waals surface area contributed by atoms with E-state index in [2.05, 4.69) is 0 Å². The lowest BCUT2D eigenvalue weighted by molar-refractivity contribution is -0.119. The average molecular weight is 217 g/mol. The molecule has 3 heteroatoms. The molecule has 0 amide bonds. The molecule has 2 rings (SSSR count). The molecule has 0 aromatic heterocycles. The van der Waals surface area contributed by atoms with Gasteiger partial charge in [-0.15, -0.1) is 0 Å². The van der Waals surface area contributed by atoms with Crippen LogP contribution >= 0.6 is 0 Å². The summed E-state index contributed by atoms with van der Waals surface area (Å²) < 4.78 is 5.21. The molecule has 1 aliphatic heterocycles. The van der Waals surface area contributed by atoms with Gasteiger partial charge >= 0.3 is 0 Å². The van der Waals surface area contributed by atoms with E-state index >= 15 is 0 Å². The third-order valence-corrected chi connectivity index (χ3v) is 2.58. The number of rotatable bonds is 4. The smallest absolute Gasteiger partial charge is 0.213 e. The number of nitrogens with two attached hydrogens (primary N) is 1. The predicted octanol–water partition coefficient (Wildman–Crippen LogP) is 1.43. The van der Waals surface area contributed by atoms with Crippen molar-refractivity contribution in [1.82, 2.24) is 0 Å². The molecule has 0 spiro atoms. The molecule has 1 atom stereocenters. The van der Waals surface area contributed by atoms with Gasteiger partial charge in [-0.3, -0.25) is 4.79 Å². The van der Waals surface area contributed by atoms with E-state index in [1.54, 1.807) is 0 Å². The molecule has 0 radical (unpaired) electrons. The van der Waals surface area contributed by atoms with Gasteiger partial charge in [0.25, 0.3) is 0 Å². The predicted molar refractivity (Wildman–Crippen MR) is 61.8 cm³/mol. The summed E-state index contributed by atoms with van der Waals surface area (Å²) >= 11 is 0. The topological polar surface area (TPSA) is 52.3 Å². The Balaban J connectivity index is 1.98. The zero-order chi connectivity index (χ0) is 11.4. The van der Waals surface area contributed by atoms with Crippen LogP contribution in [0.3, 0.4) is 0 Å². The van der Waals surface area contributed by atoms with Gasteiger partial charge in [0.1, 0.15) is 0 Å². The molecular formula is C13H15NO2. The Morgan fingerprint density at radius 3 is 2.75 bits per heavy atom. The summed E-state index contributed by atoms with van der Waals surface area (Å²) in [6.45, 7) is 0.596. The molecule has 0 fully saturated rings. The van der Waals surface area contributed by atoms with Gasteiger partial charge in [0.15, 0.2) is 5.76 Å². The van der Waals surface area contributed by atoms with Crippen LogP contribution in [0.5, 0.6) is 0 Å². The van der Waals surface area contributed by atoms with Crippen molar-refractivity contribution in [2.45, 2.75) is 18.9 Å². The Bertz CT molecular complexity index is 398. The Morgan fingerprint density at radius 1 is 1.38 bits per heavy atom. The standard InChI is InChI=1S/C13H15NO2/c14-11(9-10-5-2-1-3-6-10)13(15)12-7-4-8-16-12/h1-3,5-7,11H,4,8-9,14H2. The van der Waals surface area contributed by atoms with Crippen molar-refractivity contribution in [3.05, 3.63) is 47.7 Å². The van der Waals surface area contributed by atoms with E-state index in [0.29, 0.717) is 18.8 Å². The normalized spacial score (nSPS) is 16.4. The van der Waals surface area contributed by atoms with Crippen molar-refractivity contribution >= 4 is 5.78 Å². The molecule has 1 aliphatic rings. The number of hydrogen-bond acceptors (Lipinski definition) is 3. The molecule has 2 N–H and O–H groups in total. The quantitative estimate of drug-likeness (QED) is 0.830. The Labute approximate surface area is 94.9 Å². The Morgan fingerprint density at radius 2 is 2.12 bits per heavy atom. The van der Waals surface area contributed by atoms with E-state index in [1.165, 1.54) is 0 Å². The number of benzene rings is 1. The summed E-state index contributed by atoms with van der Waals surface area (Å²) in [5, 5.41) is 0. The fraction of sp³-hybridized carbons (Fsp3) is 0.308. The van der Waals surface area contributed by atoms with Crippen LogP contribution in [-0.4, -0.2) is 18.4 Å². The first kappa shape index (κ1) is 10.9. The first-order chi connectivity index (χ1) is 7.77. The first-order valence-electron chi connectivity index (χ1n) is 5.44.